The molecule has 1 aromatic rings. The summed E-state index contributed by atoms with van der Waals surface area (Å²) in [5.41, 5.74) is 3.23. The first-order valence-corrected chi connectivity index (χ1v) is 7.60. The molecule has 18 heavy (non-hydrogen) atoms. The highest BCUT2D eigenvalue weighted by molar-refractivity contribution is 7.90. The zero-order valence-electron chi connectivity index (χ0n) is 11.9. The second-order valence-corrected chi connectivity index (χ2v) is 8.07. The first-order valence-electron chi connectivity index (χ1n) is 6.07. The van der Waals surface area contributed by atoms with Crippen molar-refractivity contribution in [1.82, 2.24) is 4.72 Å². The highest BCUT2D eigenvalue weighted by Gasteiger charge is 2.28. The van der Waals surface area contributed by atoms with Crippen LogP contribution in [0.15, 0.2) is 12.1 Å². The van der Waals surface area contributed by atoms with E-state index in [1.807, 2.05) is 53.7 Å². The van der Waals surface area contributed by atoms with Crippen LogP contribution in [0.3, 0.4) is 0 Å². The van der Waals surface area contributed by atoms with Crippen LogP contribution >= 0.6 is 11.6 Å². The van der Waals surface area contributed by atoms with Crippen LogP contribution in [0.5, 0.6) is 0 Å². The number of nitrogens with one attached hydrogen (secondary N) is 1. The molecular weight excluding hydrogens is 266 g/mol. The summed E-state index contributed by atoms with van der Waals surface area (Å²) < 4.78 is 14.9. The van der Waals surface area contributed by atoms with Gasteiger partial charge in [0.25, 0.3) is 0 Å². The molecule has 0 aromatic heterocycles. The van der Waals surface area contributed by atoms with Gasteiger partial charge in [0.2, 0.25) is 0 Å². The molecule has 4 heteroatoms. The second kappa shape index (κ2) is 5.83. The van der Waals surface area contributed by atoms with Crippen molar-refractivity contribution in [1.29, 1.82) is 0 Å². The van der Waals surface area contributed by atoms with Crippen LogP contribution in [-0.2, 0) is 11.4 Å². The van der Waals surface area contributed by atoms with Gasteiger partial charge < -0.3 is 4.55 Å². The van der Waals surface area contributed by atoms with Crippen LogP contribution in [-0.4, -0.2) is 9.30 Å². The fraction of sp³-hybridized carbons (Fsp3) is 0.571. The SMILES string of the molecule is Cc1cc([C@@H](C)N[S@@+]([O-])C(C)(C)C)cc(C)c1Cl. The van der Waals surface area contributed by atoms with Crippen molar-refractivity contribution in [3.05, 3.63) is 33.8 Å². The van der Waals surface area contributed by atoms with E-state index < -0.39 is 11.4 Å². The Morgan fingerprint density at radius 3 is 2.06 bits per heavy atom. The Bertz CT molecular complexity index is 405. The fourth-order valence-corrected chi connectivity index (χ4v) is 2.55. The fourth-order valence-electron chi connectivity index (χ4n) is 1.63. The maximum atomic E-state index is 12.1. The van der Waals surface area contributed by atoms with Crippen molar-refractivity contribution in [2.45, 2.75) is 52.3 Å². The van der Waals surface area contributed by atoms with Gasteiger partial charge in [0.05, 0.1) is 6.04 Å². The van der Waals surface area contributed by atoms with Gasteiger partial charge in [-0.05, 0) is 58.2 Å². The van der Waals surface area contributed by atoms with Gasteiger partial charge in [-0.25, -0.2) is 0 Å². The van der Waals surface area contributed by atoms with E-state index in [1.54, 1.807) is 0 Å². The molecular formula is C14H22ClNOS. The van der Waals surface area contributed by atoms with Crippen molar-refractivity contribution in [3.8, 4) is 0 Å². The summed E-state index contributed by atoms with van der Waals surface area (Å²) in [6, 6.07) is 4.14. The van der Waals surface area contributed by atoms with Gasteiger partial charge in [-0.2, -0.15) is 0 Å². The first-order chi connectivity index (χ1) is 8.12. The molecule has 0 aliphatic rings. The molecule has 0 heterocycles. The Morgan fingerprint density at radius 2 is 1.67 bits per heavy atom. The molecule has 1 rings (SSSR count). The lowest BCUT2D eigenvalue weighted by Crippen LogP contribution is -2.40. The lowest BCUT2D eigenvalue weighted by Gasteiger charge is -2.27. The average Bonchev–Trinajstić information content (AvgIpc) is 2.23. The third kappa shape index (κ3) is 3.89. The molecule has 0 amide bonds. The van der Waals surface area contributed by atoms with E-state index in [2.05, 4.69) is 4.72 Å². The van der Waals surface area contributed by atoms with Crippen molar-refractivity contribution in [2.75, 3.05) is 0 Å². The Morgan fingerprint density at radius 1 is 1.22 bits per heavy atom. The second-order valence-electron chi connectivity index (χ2n) is 5.69. The molecule has 1 N–H and O–H groups in total. The summed E-state index contributed by atoms with van der Waals surface area (Å²) in [4.78, 5) is 0. The smallest absolute Gasteiger partial charge is 0.136 e. The summed E-state index contributed by atoms with van der Waals surface area (Å²) in [6.07, 6.45) is 0. The van der Waals surface area contributed by atoms with Crippen LogP contribution in [0.4, 0.5) is 0 Å². The van der Waals surface area contributed by atoms with Gasteiger partial charge in [-0.3, -0.25) is 0 Å². The first kappa shape index (κ1) is 15.8. The quantitative estimate of drug-likeness (QED) is 0.851. The lowest BCUT2D eigenvalue weighted by atomic mass is 10.0. The molecule has 0 bridgehead atoms. The minimum atomic E-state index is -1.07. The minimum absolute atomic E-state index is 0.0414. The third-order valence-corrected chi connectivity index (χ3v) is 5.07. The van der Waals surface area contributed by atoms with Crippen LogP contribution in [0.2, 0.25) is 5.02 Å². The molecule has 0 unspecified atom stereocenters. The van der Waals surface area contributed by atoms with E-state index >= 15 is 0 Å². The van der Waals surface area contributed by atoms with Gasteiger partial charge in [0, 0.05) is 16.4 Å². The number of halogens is 1. The predicted molar refractivity (Wildman–Crippen MR) is 80.4 cm³/mol. The highest BCUT2D eigenvalue weighted by atomic mass is 35.5. The van der Waals surface area contributed by atoms with E-state index in [1.165, 1.54) is 0 Å². The molecule has 2 nitrogen and oxygen atoms in total. The van der Waals surface area contributed by atoms with E-state index in [0.717, 1.165) is 21.7 Å². The largest absolute Gasteiger partial charge is 0.598 e. The number of aryl methyl sites for hydroxylation is 2. The van der Waals surface area contributed by atoms with Gasteiger partial charge >= 0.3 is 0 Å². The van der Waals surface area contributed by atoms with Gasteiger partial charge in [-0.15, -0.1) is 4.72 Å². The molecule has 0 radical (unpaired) electrons. The van der Waals surface area contributed by atoms with Crippen molar-refractivity contribution in [2.24, 2.45) is 0 Å². The monoisotopic (exact) mass is 287 g/mol. The molecule has 102 valence electrons. The van der Waals surface area contributed by atoms with Crippen molar-refractivity contribution in [3.63, 3.8) is 0 Å². The van der Waals surface area contributed by atoms with Crippen LogP contribution in [0.1, 0.15) is 50.4 Å². The molecule has 2 atom stereocenters. The zero-order valence-corrected chi connectivity index (χ0v) is 13.5. The maximum Gasteiger partial charge on any atom is 0.136 e. The van der Waals surface area contributed by atoms with E-state index in [9.17, 15) is 4.55 Å². The average molecular weight is 288 g/mol. The minimum Gasteiger partial charge on any atom is -0.598 e. The molecule has 0 fully saturated rings. The number of benzene rings is 1. The Balaban J connectivity index is 2.88. The molecule has 0 aliphatic carbocycles. The molecule has 0 saturated carbocycles. The Labute approximate surface area is 118 Å². The number of hydrogen-bond acceptors (Lipinski definition) is 2. The van der Waals surface area contributed by atoms with E-state index in [0.29, 0.717) is 0 Å². The normalized spacial score (nSPS) is 15.6. The van der Waals surface area contributed by atoms with Crippen LogP contribution in [0.25, 0.3) is 0 Å². The summed E-state index contributed by atoms with van der Waals surface area (Å²) in [5, 5.41) is 0.808. The number of rotatable bonds is 3. The Kier molecular flexibility index (Phi) is 5.13. The Hall–Kier alpha value is -0.220. The topological polar surface area (TPSA) is 35.1 Å². The van der Waals surface area contributed by atoms with Gasteiger partial charge in [0.1, 0.15) is 4.75 Å². The van der Waals surface area contributed by atoms with E-state index in [-0.39, 0.29) is 10.8 Å². The molecule has 1 aromatic carbocycles. The van der Waals surface area contributed by atoms with Gasteiger partial charge in [0.15, 0.2) is 0 Å². The standard InChI is InChI=1S/C14H22ClNOS/c1-9-7-12(8-10(2)13(9)15)11(3)16-18(17)14(4,5)6/h7-8,11,16H,1-6H3/t11-,18+/m1/s1. The van der Waals surface area contributed by atoms with Crippen molar-refractivity contribution < 1.29 is 4.55 Å². The number of hydrogen-bond donors (Lipinski definition) is 1. The summed E-state index contributed by atoms with van der Waals surface area (Å²) >= 11 is 5.08. The van der Waals surface area contributed by atoms with Crippen LogP contribution < -0.4 is 4.72 Å². The third-order valence-electron chi connectivity index (χ3n) is 2.80. The van der Waals surface area contributed by atoms with Gasteiger partial charge in [-0.1, -0.05) is 23.7 Å². The van der Waals surface area contributed by atoms with Crippen molar-refractivity contribution >= 4 is 23.0 Å². The summed E-state index contributed by atoms with van der Waals surface area (Å²) in [6.45, 7) is 11.9. The zero-order chi connectivity index (χ0) is 14.1. The van der Waals surface area contributed by atoms with Crippen LogP contribution in [0, 0.1) is 13.8 Å². The summed E-state index contributed by atoms with van der Waals surface area (Å²) in [7, 11) is 0. The molecule has 0 spiro atoms. The van der Waals surface area contributed by atoms with E-state index in [4.69, 9.17) is 11.6 Å². The molecule has 0 saturated heterocycles. The predicted octanol–water partition coefficient (Wildman–Crippen LogP) is 4.07. The highest BCUT2D eigenvalue weighted by Crippen LogP contribution is 2.26. The lowest BCUT2D eigenvalue weighted by molar-refractivity contribution is 0.531. The maximum absolute atomic E-state index is 12.1. The summed E-state index contributed by atoms with van der Waals surface area (Å²) in [5.74, 6) is 0. The molecule has 0 aliphatic heterocycles.